The Balaban J connectivity index is 1.65. The first-order chi connectivity index (χ1) is 10.2. The molecule has 0 saturated heterocycles. The Morgan fingerprint density at radius 3 is 3.00 bits per heavy atom. The minimum Gasteiger partial charge on any atom is -0.496 e. The summed E-state index contributed by atoms with van der Waals surface area (Å²) in [6.45, 7) is 6.07. The zero-order chi connectivity index (χ0) is 14.8. The second-order valence-corrected chi connectivity index (χ2v) is 5.64. The van der Waals surface area contributed by atoms with E-state index in [2.05, 4.69) is 46.1 Å². The van der Waals surface area contributed by atoms with Crippen LogP contribution >= 0.6 is 0 Å². The monoisotopic (exact) mass is 286 g/mol. The fourth-order valence-corrected chi connectivity index (χ4v) is 2.91. The molecule has 1 aliphatic heterocycles. The lowest BCUT2D eigenvalue weighted by atomic mass is 10.1. The van der Waals surface area contributed by atoms with E-state index in [0.29, 0.717) is 0 Å². The summed E-state index contributed by atoms with van der Waals surface area (Å²) < 4.78 is 7.54. The van der Waals surface area contributed by atoms with Gasteiger partial charge in [0.15, 0.2) is 0 Å². The van der Waals surface area contributed by atoms with Crippen LogP contribution in [-0.2, 0) is 19.5 Å². The maximum Gasteiger partial charge on any atom is 0.149 e. The quantitative estimate of drug-likeness (QED) is 0.917. The Morgan fingerprint density at radius 1 is 1.38 bits per heavy atom. The van der Waals surface area contributed by atoms with Gasteiger partial charge in [0, 0.05) is 19.5 Å². The summed E-state index contributed by atoms with van der Waals surface area (Å²) >= 11 is 0. The molecule has 0 radical (unpaired) electrons. The normalized spacial score (nSPS) is 15.0. The van der Waals surface area contributed by atoms with Crippen molar-refractivity contribution < 1.29 is 4.74 Å². The number of nitrogens with zero attached hydrogens (tertiary/aromatic N) is 3. The third-order valence-electron chi connectivity index (χ3n) is 4.10. The van der Waals surface area contributed by atoms with Crippen molar-refractivity contribution in [3.8, 4) is 5.75 Å². The Hall–Kier alpha value is -1.88. The van der Waals surface area contributed by atoms with Crippen molar-refractivity contribution in [2.75, 3.05) is 7.11 Å². The minimum atomic E-state index is 0.201. The molecule has 1 aromatic carbocycles. The Labute approximate surface area is 125 Å². The highest BCUT2D eigenvalue weighted by Gasteiger charge is 2.20. The van der Waals surface area contributed by atoms with Gasteiger partial charge in [-0.15, -0.1) is 10.2 Å². The van der Waals surface area contributed by atoms with Crippen molar-refractivity contribution in [1.29, 1.82) is 0 Å². The van der Waals surface area contributed by atoms with Crippen LogP contribution in [0.25, 0.3) is 0 Å². The molecule has 112 valence electrons. The van der Waals surface area contributed by atoms with Gasteiger partial charge in [0.2, 0.25) is 0 Å². The Kier molecular flexibility index (Phi) is 3.92. The highest BCUT2D eigenvalue weighted by atomic mass is 16.5. The van der Waals surface area contributed by atoms with Crippen LogP contribution in [0.3, 0.4) is 0 Å². The number of hydrogen-bond acceptors (Lipinski definition) is 4. The largest absolute Gasteiger partial charge is 0.496 e. The van der Waals surface area contributed by atoms with Gasteiger partial charge in [-0.05, 0) is 37.5 Å². The lowest BCUT2D eigenvalue weighted by Crippen LogP contribution is -2.21. The topological polar surface area (TPSA) is 52.0 Å². The molecule has 0 aliphatic carbocycles. The molecule has 1 aliphatic rings. The summed E-state index contributed by atoms with van der Waals surface area (Å²) in [5.41, 5.74) is 2.41. The van der Waals surface area contributed by atoms with Gasteiger partial charge >= 0.3 is 0 Å². The average molecular weight is 286 g/mol. The van der Waals surface area contributed by atoms with E-state index >= 15 is 0 Å². The highest BCUT2D eigenvalue weighted by Crippen LogP contribution is 2.21. The lowest BCUT2D eigenvalue weighted by molar-refractivity contribution is 0.411. The molecule has 21 heavy (non-hydrogen) atoms. The van der Waals surface area contributed by atoms with Crippen molar-refractivity contribution in [2.45, 2.75) is 45.8 Å². The van der Waals surface area contributed by atoms with Crippen molar-refractivity contribution in [3.63, 3.8) is 0 Å². The van der Waals surface area contributed by atoms with Gasteiger partial charge in [0.1, 0.15) is 17.4 Å². The summed E-state index contributed by atoms with van der Waals surface area (Å²) in [7, 11) is 1.70. The molecule has 5 heteroatoms. The molecule has 1 aromatic heterocycles. The summed E-state index contributed by atoms with van der Waals surface area (Å²) in [6.07, 6.45) is 2.24. The number of methoxy groups -OCH3 is 1. The number of hydrogen-bond donors (Lipinski definition) is 1. The van der Waals surface area contributed by atoms with E-state index in [4.69, 9.17) is 4.74 Å². The third kappa shape index (κ3) is 2.78. The standard InChI is InChI=1S/C16H22N4O/c1-11-9-13(6-7-14(11)21-3)10-17-12(2)16-19-18-15-5-4-8-20(15)16/h6-7,9,12,17H,4-5,8,10H2,1-3H3. The average Bonchev–Trinajstić information content (AvgIpc) is 3.07. The molecule has 1 N–H and O–H groups in total. The molecule has 0 spiro atoms. The summed E-state index contributed by atoms with van der Waals surface area (Å²) in [5.74, 6) is 3.11. The zero-order valence-corrected chi connectivity index (χ0v) is 12.9. The maximum absolute atomic E-state index is 5.29. The number of ether oxygens (including phenoxy) is 1. The predicted octanol–water partition coefficient (Wildman–Crippen LogP) is 2.39. The second kappa shape index (κ2) is 5.85. The Morgan fingerprint density at radius 2 is 2.24 bits per heavy atom. The fourth-order valence-electron chi connectivity index (χ4n) is 2.91. The maximum atomic E-state index is 5.29. The van der Waals surface area contributed by atoms with Gasteiger partial charge < -0.3 is 14.6 Å². The van der Waals surface area contributed by atoms with Crippen molar-refractivity contribution in [2.24, 2.45) is 0 Å². The number of rotatable bonds is 5. The SMILES string of the molecule is COc1ccc(CNC(C)c2nnc3n2CCC3)cc1C. The molecule has 1 unspecified atom stereocenters. The molecule has 3 rings (SSSR count). The number of benzene rings is 1. The highest BCUT2D eigenvalue weighted by molar-refractivity contribution is 5.36. The molecule has 5 nitrogen and oxygen atoms in total. The fraction of sp³-hybridized carbons (Fsp3) is 0.500. The van der Waals surface area contributed by atoms with Gasteiger partial charge in [-0.1, -0.05) is 12.1 Å². The van der Waals surface area contributed by atoms with Crippen LogP contribution in [0.1, 0.15) is 42.2 Å². The molecule has 1 atom stereocenters. The van der Waals surface area contributed by atoms with E-state index in [1.807, 2.05) is 6.07 Å². The summed E-state index contributed by atoms with van der Waals surface area (Å²) in [6, 6.07) is 6.48. The molecule has 0 bridgehead atoms. The van der Waals surface area contributed by atoms with E-state index in [0.717, 1.165) is 42.5 Å². The molecule has 0 fully saturated rings. The number of aryl methyl sites for hydroxylation is 2. The van der Waals surface area contributed by atoms with Crippen LogP contribution in [0.15, 0.2) is 18.2 Å². The predicted molar refractivity (Wildman–Crippen MR) is 81.3 cm³/mol. The first-order valence-corrected chi connectivity index (χ1v) is 7.48. The summed E-state index contributed by atoms with van der Waals surface area (Å²) in [4.78, 5) is 0. The van der Waals surface area contributed by atoms with Crippen LogP contribution in [0.4, 0.5) is 0 Å². The first kappa shape index (κ1) is 14.1. The van der Waals surface area contributed by atoms with E-state index in [1.54, 1.807) is 7.11 Å². The number of fused-ring (bicyclic) bond motifs is 1. The molecule has 2 heterocycles. The first-order valence-electron chi connectivity index (χ1n) is 7.48. The van der Waals surface area contributed by atoms with Crippen LogP contribution in [0.5, 0.6) is 5.75 Å². The summed E-state index contributed by atoms with van der Waals surface area (Å²) in [5, 5.41) is 12.1. The molecule has 0 amide bonds. The minimum absolute atomic E-state index is 0.201. The van der Waals surface area contributed by atoms with Crippen LogP contribution in [0.2, 0.25) is 0 Å². The Bertz CT molecular complexity index is 635. The van der Waals surface area contributed by atoms with Crippen molar-refractivity contribution >= 4 is 0 Å². The van der Waals surface area contributed by atoms with Gasteiger partial charge in [0.25, 0.3) is 0 Å². The zero-order valence-electron chi connectivity index (χ0n) is 12.9. The molecule has 2 aromatic rings. The van der Waals surface area contributed by atoms with E-state index in [-0.39, 0.29) is 6.04 Å². The lowest BCUT2D eigenvalue weighted by Gasteiger charge is -2.14. The smallest absolute Gasteiger partial charge is 0.149 e. The molecular formula is C16H22N4O. The number of nitrogens with one attached hydrogen (secondary N) is 1. The van der Waals surface area contributed by atoms with Crippen LogP contribution < -0.4 is 10.1 Å². The third-order valence-corrected chi connectivity index (χ3v) is 4.10. The van der Waals surface area contributed by atoms with E-state index < -0.39 is 0 Å². The molecule has 0 saturated carbocycles. The van der Waals surface area contributed by atoms with Crippen molar-refractivity contribution in [1.82, 2.24) is 20.1 Å². The van der Waals surface area contributed by atoms with E-state index in [1.165, 1.54) is 12.0 Å². The van der Waals surface area contributed by atoms with E-state index in [9.17, 15) is 0 Å². The van der Waals surface area contributed by atoms with Gasteiger partial charge in [-0.3, -0.25) is 0 Å². The van der Waals surface area contributed by atoms with Crippen LogP contribution in [0, 0.1) is 6.92 Å². The van der Waals surface area contributed by atoms with Gasteiger partial charge in [-0.2, -0.15) is 0 Å². The molecular weight excluding hydrogens is 264 g/mol. The van der Waals surface area contributed by atoms with Gasteiger partial charge in [-0.25, -0.2) is 0 Å². The second-order valence-electron chi connectivity index (χ2n) is 5.64. The number of aromatic nitrogens is 3. The van der Waals surface area contributed by atoms with Crippen molar-refractivity contribution in [3.05, 3.63) is 41.0 Å². The van der Waals surface area contributed by atoms with Gasteiger partial charge in [0.05, 0.1) is 13.2 Å². The van der Waals surface area contributed by atoms with Crippen LogP contribution in [-0.4, -0.2) is 21.9 Å².